The number of methoxy groups -OCH3 is 2. The van der Waals surface area contributed by atoms with Crippen LogP contribution >= 0.6 is 0 Å². The highest BCUT2D eigenvalue weighted by Gasteiger charge is 2.21. The van der Waals surface area contributed by atoms with Crippen LogP contribution in [0.2, 0.25) is 0 Å². The fraction of sp³-hybridized carbons (Fsp3) is 0.250. The van der Waals surface area contributed by atoms with E-state index in [2.05, 4.69) is 20.6 Å². The number of nitrogens with one attached hydrogen (secondary N) is 1. The molecule has 2 aromatic heterocycles. The number of hydrogen-bond donors (Lipinski definition) is 2. The van der Waals surface area contributed by atoms with Crippen LogP contribution in [-0.4, -0.2) is 46.7 Å². The van der Waals surface area contributed by atoms with Gasteiger partial charge < -0.3 is 29.7 Å². The van der Waals surface area contributed by atoms with Crippen molar-refractivity contribution in [1.82, 2.24) is 20.0 Å². The van der Waals surface area contributed by atoms with Gasteiger partial charge in [0.05, 0.1) is 32.9 Å². The van der Waals surface area contributed by atoms with E-state index in [0.717, 1.165) is 5.56 Å². The monoisotopic (exact) mass is 478 g/mol. The second-order valence-corrected chi connectivity index (χ2v) is 7.49. The Hall–Kier alpha value is -4.54. The number of rotatable bonds is 9. The summed E-state index contributed by atoms with van der Waals surface area (Å²) in [7, 11) is 3.05. The number of hydrogen-bond acceptors (Lipinski definition) is 9. The Morgan fingerprint density at radius 1 is 1.14 bits per heavy atom. The predicted molar refractivity (Wildman–Crippen MR) is 129 cm³/mol. The molecule has 182 valence electrons. The quantitative estimate of drug-likeness (QED) is 0.370. The van der Waals surface area contributed by atoms with E-state index in [4.69, 9.17) is 24.4 Å². The highest BCUT2D eigenvalue weighted by molar-refractivity contribution is 6.05. The van der Waals surface area contributed by atoms with Crippen molar-refractivity contribution >= 4 is 17.4 Å². The first-order valence-corrected chi connectivity index (χ1v) is 10.8. The van der Waals surface area contributed by atoms with Gasteiger partial charge in [0.1, 0.15) is 28.7 Å². The lowest BCUT2D eigenvalue weighted by molar-refractivity contribution is 0.102. The number of nitrogens with two attached hydrogens (primary N) is 1. The average molecular weight is 479 g/mol. The Balaban J connectivity index is 1.54. The van der Waals surface area contributed by atoms with E-state index in [9.17, 15) is 4.79 Å². The molecule has 0 unspecified atom stereocenters. The zero-order valence-corrected chi connectivity index (χ0v) is 19.9. The van der Waals surface area contributed by atoms with Gasteiger partial charge in [0, 0.05) is 23.9 Å². The maximum atomic E-state index is 12.8. The van der Waals surface area contributed by atoms with E-state index < -0.39 is 5.91 Å². The van der Waals surface area contributed by atoms with Crippen molar-refractivity contribution < 1.29 is 23.4 Å². The number of nitrogen functional groups attached to an aromatic ring is 1. The van der Waals surface area contributed by atoms with Crippen LogP contribution in [0.15, 0.2) is 46.9 Å². The molecule has 4 rings (SSSR count). The Morgan fingerprint density at radius 3 is 2.54 bits per heavy atom. The van der Waals surface area contributed by atoms with Crippen LogP contribution in [0.25, 0.3) is 11.5 Å². The Kier molecular flexibility index (Phi) is 6.86. The third-order valence-electron chi connectivity index (χ3n) is 5.21. The number of ether oxygens (including phenoxy) is 3. The van der Waals surface area contributed by atoms with E-state index in [1.165, 1.54) is 18.9 Å². The number of amides is 1. The van der Waals surface area contributed by atoms with Gasteiger partial charge in [-0.25, -0.2) is 9.67 Å². The molecule has 3 N–H and O–H groups in total. The van der Waals surface area contributed by atoms with E-state index in [0.29, 0.717) is 46.9 Å². The molecule has 2 heterocycles. The standard InChI is InChI=1S/C24H26N6O5/c1-5-34-20-9-7-6-8-18(20)24-27-19(14(2)35-24)13-30-22(25)21(28-29-30)23(31)26-15-10-16(32-3)12-17(11-15)33-4/h6-12H,5,13,25H2,1-4H3,(H,26,31). The minimum Gasteiger partial charge on any atom is -0.497 e. The van der Waals surface area contributed by atoms with Crippen LogP contribution in [-0.2, 0) is 6.54 Å². The molecule has 2 aromatic carbocycles. The van der Waals surface area contributed by atoms with Gasteiger partial charge >= 0.3 is 0 Å². The van der Waals surface area contributed by atoms with Gasteiger partial charge in [0.2, 0.25) is 5.89 Å². The molecular weight excluding hydrogens is 452 g/mol. The molecule has 0 fully saturated rings. The fourth-order valence-electron chi connectivity index (χ4n) is 3.43. The minimum absolute atomic E-state index is 0.0187. The van der Waals surface area contributed by atoms with Crippen molar-refractivity contribution in [2.24, 2.45) is 0 Å². The van der Waals surface area contributed by atoms with Crippen LogP contribution in [0.3, 0.4) is 0 Å². The maximum Gasteiger partial charge on any atom is 0.280 e. The first-order valence-electron chi connectivity index (χ1n) is 10.8. The summed E-state index contributed by atoms with van der Waals surface area (Å²) in [5.41, 5.74) is 7.99. The van der Waals surface area contributed by atoms with Gasteiger partial charge in [-0.15, -0.1) is 5.10 Å². The van der Waals surface area contributed by atoms with E-state index in [-0.39, 0.29) is 18.1 Å². The van der Waals surface area contributed by atoms with Crippen molar-refractivity contribution in [3.63, 3.8) is 0 Å². The van der Waals surface area contributed by atoms with Gasteiger partial charge in [-0.1, -0.05) is 17.3 Å². The number of benzene rings is 2. The van der Waals surface area contributed by atoms with Gasteiger partial charge in [-0.05, 0) is 26.0 Å². The minimum atomic E-state index is -0.521. The highest BCUT2D eigenvalue weighted by atomic mass is 16.5. The second-order valence-electron chi connectivity index (χ2n) is 7.49. The van der Waals surface area contributed by atoms with Crippen molar-refractivity contribution in [2.45, 2.75) is 20.4 Å². The molecule has 0 aliphatic rings. The lowest BCUT2D eigenvalue weighted by Gasteiger charge is -2.09. The topological polar surface area (TPSA) is 140 Å². The molecule has 11 nitrogen and oxygen atoms in total. The molecule has 0 saturated carbocycles. The lowest BCUT2D eigenvalue weighted by atomic mass is 10.2. The van der Waals surface area contributed by atoms with Crippen molar-refractivity contribution in [1.29, 1.82) is 0 Å². The SMILES string of the molecule is CCOc1ccccc1-c1nc(Cn2nnc(C(=O)Nc3cc(OC)cc(OC)c3)c2N)c(C)o1. The Labute approximate surface area is 201 Å². The van der Waals surface area contributed by atoms with Gasteiger partial charge in [0.15, 0.2) is 11.5 Å². The summed E-state index contributed by atoms with van der Waals surface area (Å²) >= 11 is 0. The number of nitrogens with zero attached hydrogens (tertiary/aromatic N) is 4. The van der Waals surface area contributed by atoms with Crippen LogP contribution in [0, 0.1) is 6.92 Å². The summed E-state index contributed by atoms with van der Waals surface area (Å²) in [5.74, 6) is 2.32. The zero-order valence-electron chi connectivity index (χ0n) is 19.9. The number of carbonyl (C=O) groups excluding carboxylic acids is 1. The van der Waals surface area contributed by atoms with Crippen LogP contribution in [0.5, 0.6) is 17.2 Å². The van der Waals surface area contributed by atoms with Crippen LogP contribution in [0.1, 0.15) is 28.9 Å². The van der Waals surface area contributed by atoms with Crippen molar-refractivity contribution in [2.75, 3.05) is 31.9 Å². The predicted octanol–water partition coefficient (Wildman–Crippen LogP) is 3.54. The molecular formula is C24H26N6O5. The highest BCUT2D eigenvalue weighted by Crippen LogP contribution is 2.31. The van der Waals surface area contributed by atoms with Gasteiger partial charge in [-0.3, -0.25) is 4.79 Å². The van der Waals surface area contributed by atoms with E-state index in [1.54, 1.807) is 25.1 Å². The van der Waals surface area contributed by atoms with Crippen molar-refractivity contribution in [3.05, 3.63) is 59.6 Å². The second kappa shape index (κ2) is 10.2. The summed E-state index contributed by atoms with van der Waals surface area (Å²) in [5, 5.41) is 10.7. The summed E-state index contributed by atoms with van der Waals surface area (Å²) in [6.45, 7) is 4.40. The smallest absolute Gasteiger partial charge is 0.280 e. The lowest BCUT2D eigenvalue weighted by Crippen LogP contribution is -2.15. The molecule has 4 aromatic rings. The molecule has 0 radical (unpaired) electrons. The number of carbonyl (C=O) groups is 1. The molecule has 0 saturated heterocycles. The molecule has 11 heteroatoms. The summed E-state index contributed by atoms with van der Waals surface area (Å²) in [6, 6.07) is 12.5. The fourth-order valence-corrected chi connectivity index (χ4v) is 3.43. The molecule has 0 bridgehead atoms. The number of anilines is 2. The zero-order chi connectivity index (χ0) is 24.9. The number of oxazole rings is 1. The molecule has 0 atom stereocenters. The number of aromatic nitrogens is 4. The summed E-state index contributed by atoms with van der Waals surface area (Å²) in [6.07, 6.45) is 0. The Morgan fingerprint density at radius 2 is 1.86 bits per heavy atom. The summed E-state index contributed by atoms with van der Waals surface area (Å²) in [4.78, 5) is 17.4. The van der Waals surface area contributed by atoms with Crippen LogP contribution < -0.4 is 25.3 Å². The molecule has 1 amide bonds. The van der Waals surface area contributed by atoms with Crippen molar-refractivity contribution in [3.8, 4) is 28.7 Å². The first-order chi connectivity index (χ1) is 16.9. The van der Waals surface area contributed by atoms with Crippen LogP contribution in [0.4, 0.5) is 11.5 Å². The number of aryl methyl sites for hydroxylation is 1. The average Bonchev–Trinajstić information content (AvgIpc) is 3.41. The molecule has 0 spiro atoms. The Bertz CT molecular complexity index is 1320. The largest absolute Gasteiger partial charge is 0.497 e. The van der Waals surface area contributed by atoms with E-state index in [1.807, 2.05) is 31.2 Å². The molecule has 35 heavy (non-hydrogen) atoms. The maximum absolute atomic E-state index is 12.8. The van der Waals surface area contributed by atoms with Gasteiger partial charge in [0.25, 0.3) is 5.91 Å². The van der Waals surface area contributed by atoms with Gasteiger partial charge in [-0.2, -0.15) is 0 Å². The number of para-hydroxylation sites is 1. The molecule has 0 aliphatic heterocycles. The third kappa shape index (κ3) is 5.03. The first kappa shape index (κ1) is 23.6. The normalized spacial score (nSPS) is 10.7. The third-order valence-corrected chi connectivity index (χ3v) is 5.21. The molecule has 0 aliphatic carbocycles. The van der Waals surface area contributed by atoms with E-state index >= 15 is 0 Å². The summed E-state index contributed by atoms with van der Waals surface area (Å²) < 4.78 is 23.4.